The second kappa shape index (κ2) is 3.71. The van der Waals surface area contributed by atoms with Gasteiger partial charge in [-0.15, -0.1) is 0 Å². The van der Waals surface area contributed by atoms with Gasteiger partial charge in [0.05, 0.1) is 15.9 Å². The summed E-state index contributed by atoms with van der Waals surface area (Å²) in [7, 11) is -3.62. The van der Waals surface area contributed by atoms with E-state index in [1.54, 1.807) is 18.5 Å². The Labute approximate surface area is 101 Å². The molecular formula is C10H9F3N2O2S. The molecule has 0 aliphatic carbocycles. The molecule has 98 valence electrons. The predicted octanol–water partition coefficient (Wildman–Crippen LogP) is 2.18. The second-order valence-electron chi connectivity index (χ2n) is 3.82. The van der Waals surface area contributed by atoms with E-state index in [0.717, 1.165) is 12.1 Å². The third-order valence-corrected chi connectivity index (χ3v) is 4.17. The van der Waals surface area contributed by atoms with Crippen LogP contribution in [0.15, 0.2) is 23.1 Å². The maximum atomic E-state index is 12.4. The van der Waals surface area contributed by atoms with Gasteiger partial charge >= 0.3 is 5.51 Å². The Morgan fingerprint density at radius 3 is 2.44 bits per heavy atom. The van der Waals surface area contributed by atoms with E-state index >= 15 is 0 Å². The Bertz CT molecular complexity index is 717. The standard InChI is InChI=1S/C10H9F3N2O2S/c1-6-14-8-5-7(3-4-9(8)15(6)2)18(16,17)10(11,12)13/h3-5H,1-2H3. The van der Waals surface area contributed by atoms with Crippen molar-refractivity contribution in [3.05, 3.63) is 24.0 Å². The Kier molecular flexibility index (Phi) is 2.65. The molecule has 2 aromatic rings. The van der Waals surface area contributed by atoms with Gasteiger partial charge in [-0.1, -0.05) is 0 Å². The van der Waals surface area contributed by atoms with E-state index in [9.17, 15) is 21.6 Å². The zero-order valence-electron chi connectivity index (χ0n) is 9.49. The molecule has 0 radical (unpaired) electrons. The number of alkyl halides is 3. The first-order valence-corrected chi connectivity index (χ1v) is 6.37. The Morgan fingerprint density at radius 1 is 1.28 bits per heavy atom. The molecule has 0 amide bonds. The zero-order chi connectivity index (χ0) is 13.7. The monoisotopic (exact) mass is 278 g/mol. The van der Waals surface area contributed by atoms with Gasteiger partial charge in [0.15, 0.2) is 0 Å². The minimum atomic E-state index is -5.32. The highest BCUT2D eigenvalue weighted by atomic mass is 32.2. The maximum absolute atomic E-state index is 12.4. The molecule has 0 spiro atoms. The number of aromatic nitrogens is 2. The molecule has 0 saturated heterocycles. The summed E-state index contributed by atoms with van der Waals surface area (Å²) in [6.07, 6.45) is 0. The van der Waals surface area contributed by atoms with Crippen LogP contribution in [0, 0.1) is 6.92 Å². The van der Waals surface area contributed by atoms with E-state index in [1.807, 2.05) is 0 Å². The number of fused-ring (bicyclic) bond motifs is 1. The smallest absolute Gasteiger partial charge is 0.331 e. The fraction of sp³-hybridized carbons (Fsp3) is 0.300. The van der Waals surface area contributed by atoms with E-state index in [-0.39, 0.29) is 5.52 Å². The lowest BCUT2D eigenvalue weighted by Crippen LogP contribution is -2.23. The summed E-state index contributed by atoms with van der Waals surface area (Å²) in [6.45, 7) is 1.68. The molecule has 2 rings (SSSR count). The van der Waals surface area contributed by atoms with Crippen molar-refractivity contribution in [3.63, 3.8) is 0 Å². The Morgan fingerprint density at radius 2 is 1.89 bits per heavy atom. The van der Waals surface area contributed by atoms with Gasteiger partial charge in [-0.25, -0.2) is 13.4 Å². The normalized spacial score (nSPS) is 13.2. The molecule has 0 unspecified atom stereocenters. The van der Waals surface area contributed by atoms with Crippen molar-refractivity contribution in [2.24, 2.45) is 7.05 Å². The van der Waals surface area contributed by atoms with Gasteiger partial charge in [0.1, 0.15) is 5.82 Å². The highest BCUT2D eigenvalue weighted by Crippen LogP contribution is 2.31. The van der Waals surface area contributed by atoms with Crippen LogP contribution in [0.2, 0.25) is 0 Å². The van der Waals surface area contributed by atoms with Crippen LogP contribution in [0.3, 0.4) is 0 Å². The Balaban J connectivity index is 2.69. The van der Waals surface area contributed by atoms with E-state index in [1.165, 1.54) is 6.07 Å². The van der Waals surface area contributed by atoms with Crippen molar-refractivity contribution in [2.75, 3.05) is 0 Å². The van der Waals surface area contributed by atoms with Gasteiger partial charge in [-0.05, 0) is 25.1 Å². The van der Waals surface area contributed by atoms with Crippen molar-refractivity contribution < 1.29 is 21.6 Å². The molecule has 0 bridgehead atoms. The first-order chi connectivity index (χ1) is 8.14. The second-order valence-corrected chi connectivity index (χ2v) is 5.76. The number of nitrogens with zero attached hydrogens (tertiary/aromatic N) is 2. The summed E-state index contributed by atoms with van der Waals surface area (Å²) < 4.78 is 61.3. The van der Waals surface area contributed by atoms with Crippen LogP contribution in [0.1, 0.15) is 5.82 Å². The van der Waals surface area contributed by atoms with E-state index < -0.39 is 20.2 Å². The van der Waals surface area contributed by atoms with Gasteiger partial charge in [-0.3, -0.25) is 0 Å². The molecule has 0 atom stereocenters. The number of sulfone groups is 1. The lowest BCUT2D eigenvalue weighted by molar-refractivity contribution is -0.0435. The molecule has 0 N–H and O–H groups in total. The fourth-order valence-corrected chi connectivity index (χ4v) is 2.38. The minimum absolute atomic E-state index is 0.223. The summed E-state index contributed by atoms with van der Waals surface area (Å²) in [5.41, 5.74) is -4.50. The van der Waals surface area contributed by atoms with Crippen molar-refractivity contribution in [1.29, 1.82) is 0 Å². The van der Waals surface area contributed by atoms with Crippen molar-refractivity contribution in [1.82, 2.24) is 9.55 Å². The number of halogens is 3. The molecular weight excluding hydrogens is 269 g/mol. The average molecular weight is 278 g/mol. The van der Waals surface area contributed by atoms with Crippen LogP contribution in [0.4, 0.5) is 13.2 Å². The minimum Gasteiger partial charge on any atom is -0.331 e. The number of aryl methyl sites for hydroxylation is 2. The van der Waals surface area contributed by atoms with Crippen LogP contribution in [-0.2, 0) is 16.9 Å². The highest BCUT2D eigenvalue weighted by molar-refractivity contribution is 7.92. The van der Waals surface area contributed by atoms with E-state index in [2.05, 4.69) is 4.98 Å². The number of hydrogen-bond donors (Lipinski definition) is 0. The molecule has 18 heavy (non-hydrogen) atoms. The molecule has 0 fully saturated rings. The van der Waals surface area contributed by atoms with Crippen LogP contribution in [0.5, 0.6) is 0 Å². The predicted molar refractivity (Wildman–Crippen MR) is 58.7 cm³/mol. The molecule has 1 heterocycles. The largest absolute Gasteiger partial charge is 0.501 e. The number of imidazole rings is 1. The molecule has 4 nitrogen and oxygen atoms in total. The number of rotatable bonds is 1. The summed E-state index contributed by atoms with van der Waals surface area (Å²) in [6, 6.07) is 3.19. The van der Waals surface area contributed by atoms with Crippen molar-refractivity contribution >= 4 is 20.9 Å². The summed E-state index contributed by atoms with van der Waals surface area (Å²) in [5, 5.41) is 0. The third kappa shape index (κ3) is 1.76. The first kappa shape index (κ1) is 12.9. The van der Waals surface area contributed by atoms with Gasteiger partial charge in [0, 0.05) is 7.05 Å². The summed E-state index contributed by atoms with van der Waals surface area (Å²) in [5.74, 6) is 0.589. The molecule has 0 aliphatic heterocycles. The van der Waals surface area contributed by atoms with E-state index in [4.69, 9.17) is 0 Å². The fourth-order valence-electron chi connectivity index (χ4n) is 1.60. The lowest BCUT2D eigenvalue weighted by atomic mass is 10.3. The zero-order valence-corrected chi connectivity index (χ0v) is 10.3. The topological polar surface area (TPSA) is 52.0 Å². The van der Waals surface area contributed by atoms with Gasteiger partial charge in [0.2, 0.25) is 0 Å². The first-order valence-electron chi connectivity index (χ1n) is 4.89. The summed E-state index contributed by atoms with van der Waals surface area (Å²) >= 11 is 0. The number of benzene rings is 1. The van der Waals surface area contributed by atoms with E-state index in [0.29, 0.717) is 11.3 Å². The molecule has 0 aliphatic rings. The Hall–Kier alpha value is -1.57. The average Bonchev–Trinajstić information content (AvgIpc) is 2.53. The molecule has 8 heteroatoms. The van der Waals surface area contributed by atoms with Gasteiger partial charge < -0.3 is 4.57 Å². The molecule has 0 saturated carbocycles. The molecule has 1 aromatic carbocycles. The van der Waals surface area contributed by atoms with Crippen LogP contribution in [0.25, 0.3) is 11.0 Å². The van der Waals surface area contributed by atoms with Crippen LogP contribution < -0.4 is 0 Å². The van der Waals surface area contributed by atoms with Crippen molar-refractivity contribution in [3.8, 4) is 0 Å². The SMILES string of the molecule is Cc1nc2cc(S(=O)(=O)C(F)(F)F)ccc2n1C. The summed E-state index contributed by atoms with van der Waals surface area (Å²) in [4.78, 5) is 3.21. The number of hydrogen-bond acceptors (Lipinski definition) is 3. The highest BCUT2D eigenvalue weighted by Gasteiger charge is 2.46. The van der Waals surface area contributed by atoms with Gasteiger partial charge in [-0.2, -0.15) is 13.2 Å². The maximum Gasteiger partial charge on any atom is 0.501 e. The quantitative estimate of drug-likeness (QED) is 0.803. The van der Waals surface area contributed by atoms with Crippen LogP contribution in [-0.4, -0.2) is 23.5 Å². The molecule has 1 aromatic heterocycles. The van der Waals surface area contributed by atoms with Gasteiger partial charge in [0.25, 0.3) is 9.84 Å². The van der Waals surface area contributed by atoms with Crippen LogP contribution >= 0.6 is 0 Å². The lowest BCUT2D eigenvalue weighted by Gasteiger charge is -2.07. The van der Waals surface area contributed by atoms with Crippen molar-refractivity contribution in [2.45, 2.75) is 17.3 Å². The third-order valence-electron chi connectivity index (χ3n) is 2.69.